The van der Waals surface area contributed by atoms with Crippen LogP contribution in [0.25, 0.3) is 0 Å². The Bertz CT molecular complexity index is 319. The van der Waals surface area contributed by atoms with Gasteiger partial charge >= 0.3 is 85.5 Å². The Labute approximate surface area is 85.6 Å². The third-order valence-corrected chi connectivity index (χ3v) is 7.37. The maximum atomic E-state index is 2.45. The molecule has 0 radical (unpaired) electrons. The summed E-state index contributed by atoms with van der Waals surface area (Å²) in [5.74, 6) is 0. The summed E-state index contributed by atoms with van der Waals surface area (Å²) in [6.45, 7) is 6.70. The second-order valence-corrected chi connectivity index (χ2v) is 15.5. The molecular weight excluding hydrogens is 339 g/mol. The van der Waals surface area contributed by atoms with Gasteiger partial charge in [0.15, 0.2) is 0 Å². The molecule has 0 saturated carbocycles. The van der Waals surface area contributed by atoms with E-state index in [0.29, 0.717) is 0 Å². The van der Waals surface area contributed by atoms with Crippen molar-refractivity contribution >= 4 is 3.95 Å². The summed E-state index contributed by atoms with van der Waals surface area (Å²) in [6.07, 6.45) is 0. The topological polar surface area (TPSA) is 0 Å². The summed E-state index contributed by atoms with van der Waals surface area (Å²) >= 11 is -1.55. The Morgan fingerprint density at radius 3 is 1.85 bits per heavy atom. The van der Waals surface area contributed by atoms with Crippen LogP contribution in [-0.4, -0.2) is 0 Å². The van der Waals surface area contributed by atoms with Gasteiger partial charge in [-0.3, -0.25) is 0 Å². The van der Waals surface area contributed by atoms with E-state index in [1.54, 1.807) is 3.95 Å². The van der Waals surface area contributed by atoms with Gasteiger partial charge in [-0.15, -0.1) is 0 Å². The maximum absolute atomic E-state index is 2.45. The Kier molecular flexibility index (Phi) is 3.02. The summed E-state index contributed by atoms with van der Waals surface area (Å²) in [4.78, 5) is 0. The van der Waals surface area contributed by atoms with Crippen LogP contribution in [0.3, 0.4) is 0 Å². The fraction of sp³-hybridized carbons (Fsp3) is 0.500. The van der Waals surface area contributed by atoms with E-state index in [4.69, 9.17) is 0 Å². The first-order valence-electron chi connectivity index (χ1n) is 4.27. The van der Waals surface area contributed by atoms with Crippen LogP contribution in [0.15, 0.2) is 12.1 Å². The number of hydrogen-bond acceptors (Lipinski definition) is 0. The summed E-state index contributed by atoms with van der Waals surface area (Å²) in [6, 6.07) is 4.61. The zero-order chi connectivity index (χ0) is 10.2. The van der Waals surface area contributed by atoms with Crippen molar-refractivity contribution in [2.24, 2.45) is 0 Å². The Balaban J connectivity index is 3.35. The minimum absolute atomic E-state index is 1.42. The van der Waals surface area contributed by atoms with Gasteiger partial charge in [-0.1, -0.05) is 0 Å². The van der Waals surface area contributed by atoms with Crippen LogP contribution in [0.4, 0.5) is 0 Å². The first-order chi connectivity index (χ1) is 5.84. The zero-order valence-electron chi connectivity index (χ0n) is 9.47. The Morgan fingerprint density at radius 2 is 1.38 bits per heavy atom. The van der Waals surface area contributed by atoms with Gasteiger partial charge in [-0.05, 0) is 0 Å². The van der Waals surface area contributed by atoms with Gasteiger partial charge in [-0.25, -0.2) is 0 Å². The molecule has 0 atom stereocenters. The Hall–Kier alpha value is -0.0917. The minimum atomic E-state index is -1.55. The van der Waals surface area contributed by atoms with Gasteiger partial charge in [0.05, 0.1) is 0 Å². The third-order valence-electron chi connectivity index (χ3n) is 2.47. The third kappa shape index (κ3) is 2.23. The second-order valence-electron chi connectivity index (χ2n) is 4.00. The molecule has 0 aromatic heterocycles. The van der Waals surface area contributed by atoms with Crippen molar-refractivity contribution < 1.29 is 16.1 Å². The van der Waals surface area contributed by atoms with Crippen molar-refractivity contribution in [2.75, 3.05) is 0 Å². The van der Waals surface area contributed by atoms with Gasteiger partial charge in [0.1, 0.15) is 0 Å². The van der Waals surface area contributed by atoms with Crippen LogP contribution in [0.2, 0.25) is 15.9 Å². The van der Waals surface area contributed by atoms with E-state index in [9.17, 15) is 0 Å². The summed E-state index contributed by atoms with van der Waals surface area (Å²) in [7, 11) is 0. The molecule has 0 heterocycles. The zero-order valence-corrected chi connectivity index (χ0v) is 11.7. The van der Waals surface area contributed by atoms with E-state index in [1.165, 1.54) is 16.7 Å². The van der Waals surface area contributed by atoms with Gasteiger partial charge in [0, 0.05) is 0 Å². The summed E-state index contributed by atoms with van der Waals surface area (Å²) in [5.41, 5.74) is 4.44. The first-order valence-corrected chi connectivity index (χ1v) is 12.2. The average Bonchev–Trinajstić information content (AvgIpc) is 1.98. The molecule has 1 rings (SSSR count). The fourth-order valence-electron chi connectivity index (χ4n) is 1.42. The SMILES string of the molecule is Cc1cc[c]([Pt]([CH3])([CH3])[CH3])c(C)c1C. The van der Waals surface area contributed by atoms with Gasteiger partial charge in [-0.2, -0.15) is 0 Å². The van der Waals surface area contributed by atoms with Crippen LogP contribution in [-0.2, 0) is 16.1 Å². The molecule has 1 heteroatoms. The van der Waals surface area contributed by atoms with Crippen LogP contribution in [0, 0.1) is 20.8 Å². The van der Waals surface area contributed by atoms with Crippen LogP contribution in [0.1, 0.15) is 16.7 Å². The molecule has 0 fully saturated rings. The van der Waals surface area contributed by atoms with Crippen molar-refractivity contribution in [3.63, 3.8) is 0 Å². The predicted octanol–water partition coefficient (Wildman–Crippen LogP) is 3.54. The van der Waals surface area contributed by atoms with Crippen LogP contribution in [0.5, 0.6) is 0 Å². The molecule has 1 aromatic carbocycles. The van der Waals surface area contributed by atoms with Crippen LogP contribution >= 0.6 is 0 Å². The van der Waals surface area contributed by atoms with E-state index in [1.807, 2.05) is 0 Å². The summed E-state index contributed by atoms with van der Waals surface area (Å²) in [5, 5.41) is 7.35. The fourth-order valence-corrected chi connectivity index (χ4v) is 5.73. The van der Waals surface area contributed by atoms with Crippen LogP contribution < -0.4 is 3.95 Å². The molecule has 0 aliphatic heterocycles. The van der Waals surface area contributed by atoms with Gasteiger partial charge in [0.2, 0.25) is 0 Å². The monoisotopic (exact) mass is 359 g/mol. The molecule has 0 aliphatic carbocycles. The molecular formula is C12H20Pt. The standard InChI is InChI=1S/C9H11.3CH3.Pt/c1-7-5-4-6-8(2)9(7)3;;;;/h4-5H,1-3H3;3*1H3;. The average molecular weight is 359 g/mol. The van der Waals surface area contributed by atoms with E-state index >= 15 is 0 Å². The van der Waals surface area contributed by atoms with Gasteiger partial charge in [0.25, 0.3) is 0 Å². The number of aryl methyl sites for hydroxylation is 1. The van der Waals surface area contributed by atoms with Gasteiger partial charge < -0.3 is 0 Å². The normalized spacial score (nSPS) is 13.1. The Morgan fingerprint density at radius 1 is 0.846 bits per heavy atom. The molecule has 0 nitrogen and oxygen atoms in total. The number of hydrogen-bond donors (Lipinski definition) is 0. The molecule has 0 spiro atoms. The molecule has 0 aliphatic rings. The van der Waals surface area contributed by atoms with Crippen molar-refractivity contribution in [1.82, 2.24) is 0 Å². The molecule has 0 unspecified atom stereocenters. The van der Waals surface area contributed by atoms with E-state index in [0.717, 1.165) is 0 Å². The van der Waals surface area contributed by atoms with Crippen molar-refractivity contribution in [3.8, 4) is 0 Å². The van der Waals surface area contributed by atoms with E-state index < -0.39 is 16.1 Å². The van der Waals surface area contributed by atoms with Crippen molar-refractivity contribution in [3.05, 3.63) is 28.8 Å². The predicted molar refractivity (Wildman–Crippen MR) is 57.9 cm³/mol. The molecule has 78 valence electrons. The molecule has 0 N–H and O–H groups in total. The molecule has 1 aromatic rings. The quantitative estimate of drug-likeness (QED) is 0.720. The number of rotatable bonds is 1. The molecule has 0 amide bonds. The first kappa shape index (κ1) is 11.0. The van der Waals surface area contributed by atoms with E-state index in [2.05, 4.69) is 48.8 Å². The van der Waals surface area contributed by atoms with Crippen molar-refractivity contribution in [1.29, 1.82) is 0 Å². The van der Waals surface area contributed by atoms with Crippen molar-refractivity contribution in [2.45, 2.75) is 36.7 Å². The molecule has 13 heavy (non-hydrogen) atoms. The molecule has 0 bridgehead atoms. The second kappa shape index (κ2) is 3.58. The van der Waals surface area contributed by atoms with E-state index in [-0.39, 0.29) is 0 Å². The number of benzene rings is 1. The molecule has 0 saturated heterocycles. The summed E-state index contributed by atoms with van der Waals surface area (Å²) < 4.78 is 1.65.